The van der Waals surface area contributed by atoms with Gasteiger partial charge in [0.2, 0.25) is 0 Å². The van der Waals surface area contributed by atoms with Crippen LogP contribution in [0, 0.1) is 0 Å². The lowest BCUT2D eigenvalue weighted by Crippen LogP contribution is -2.29. The highest BCUT2D eigenvalue weighted by Crippen LogP contribution is 2.40. The van der Waals surface area contributed by atoms with Gasteiger partial charge in [0.25, 0.3) is 5.91 Å². The Bertz CT molecular complexity index is 897. The number of hydrogen-bond donors (Lipinski definition) is 1. The van der Waals surface area contributed by atoms with Crippen molar-refractivity contribution in [3.8, 4) is 11.5 Å². The predicted molar refractivity (Wildman–Crippen MR) is 102 cm³/mol. The van der Waals surface area contributed by atoms with Crippen LogP contribution in [-0.4, -0.2) is 32.1 Å². The molecule has 29 heavy (non-hydrogen) atoms. The Balaban J connectivity index is 2.27. The maximum absolute atomic E-state index is 12.4. The summed E-state index contributed by atoms with van der Waals surface area (Å²) in [5.41, 5.74) is 1.04. The van der Waals surface area contributed by atoms with Gasteiger partial charge in [-0.15, -0.1) is 13.2 Å². The molecule has 0 radical (unpaired) electrons. The first-order valence-corrected chi connectivity index (χ1v) is 8.71. The number of nitrogens with zero attached hydrogens (tertiary/aromatic N) is 1. The number of carbonyl (C=O) groups is 1. The zero-order valence-corrected chi connectivity index (χ0v) is 16.7. The van der Waals surface area contributed by atoms with Crippen LogP contribution < -0.4 is 14.8 Å². The number of oxime groups is 1. The summed E-state index contributed by atoms with van der Waals surface area (Å²) in [6, 6.07) is 9.03. The van der Waals surface area contributed by atoms with Gasteiger partial charge in [-0.25, -0.2) is 0 Å². The fourth-order valence-corrected chi connectivity index (χ4v) is 2.84. The molecule has 156 valence electrons. The normalized spacial score (nSPS) is 11.8. The van der Waals surface area contributed by atoms with Crippen LogP contribution >= 0.6 is 23.2 Å². The van der Waals surface area contributed by atoms with Crippen LogP contribution in [0.5, 0.6) is 11.5 Å². The van der Waals surface area contributed by atoms with E-state index in [9.17, 15) is 18.0 Å². The van der Waals surface area contributed by atoms with E-state index in [0.29, 0.717) is 11.1 Å². The largest absolute Gasteiger partial charge is 0.573 e. The van der Waals surface area contributed by atoms with Crippen molar-refractivity contribution in [2.45, 2.75) is 13.0 Å². The van der Waals surface area contributed by atoms with E-state index in [1.165, 1.54) is 14.2 Å². The molecule has 0 aliphatic heterocycles. The van der Waals surface area contributed by atoms with Crippen LogP contribution in [0.2, 0.25) is 10.0 Å². The molecule has 0 unspecified atom stereocenters. The average Bonchev–Trinajstić information content (AvgIpc) is 2.66. The van der Waals surface area contributed by atoms with Crippen LogP contribution in [0.3, 0.4) is 0 Å². The van der Waals surface area contributed by atoms with Crippen molar-refractivity contribution in [1.29, 1.82) is 0 Å². The third-order valence-corrected chi connectivity index (χ3v) is 4.04. The van der Waals surface area contributed by atoms with E-state index >= 15 is 0 Å². The van der Waals surface area contributed by atoms with Crippen LogP contribution in [0.1, 0.15) is 11.1 Å². The first kappa shape index (κ1) is 22.6. The molecule has 0 saturated heterocycles. The van der Waals surface area contributed by atoms with Crippen molar-refractivity contribution in [3.63, 3.8) is 0 Å². The molecule has 2 aromatic carbocycles. The lowest BCUT2D eigenvalue weighted by molar-refractivity contribution is -0.274. The molecule has 0 aliphatic rings. The number of ether oxygens (including phenoxy) is 2. The Morgan fingerprint density at radius 2 is 1.79 bits per heavy atom. The van der Waals surface area contributed by atoms with Gasteiger partial charge in [0.1, 0.15) is 19.5 Å². The van der Waals surface area contributed by atoms with Crippen LogP contribution in [0.25, 0.3) is 0 Å². The van der Waals surface area contributed by atoms with E-state index in [1.807, 2.05) is 0 Å². The average molecular weight is 451 g/mol. The van der Waals surface area contributed by atoms with Gasteiger partial charge in [0.05, 0.1) is 10.0 Å². The maximum atomic E-state index is 12.4. The molecule has 1 amide bonds. The predicted octanol–water partition coefficient (Wildman–Crippen LogP) is 4.57. The molecule has 0 bridgehead atoms. The number of nitrogens with one attached hydrogen (secondary N) is 1. The van der Waals surface area contributed by atoms with E-state index in [-0.39, 0.29) is 28.1 Å². The number of hydrogen-bond acceptors (Lipinski definition) is 5. The number of amides is 1. The smallest absolute Gasteiger partial charge is 0.489 e. The molecule has 0 aliphatic carbocycles. The number of rotatable bonds is 7. The first-order valence-electron chi connectivity index (χ1n) is 7.95. The van der Waals surface area contributed by atoms with Gasteiger partial charge in [-0.1, -0.05) is 52.6 Å². The van der Waals surface area contributed by atoms with Crippen molar-refractivity contribution >= 4 is 34.8 Å². The highest BCUT2D eigenvalue weighted by atomic mass is 35.5. The maximum Gasteiger partial charge on any atom is 0.573 e. The van der Waals surface area contributed by atoms with Crippen LogP contribution in [-0.2, 0) is 16.2 Å². The second-order valence-corrected chi connectivity index (χ2v) is 6.23. The third kappa shape index (κ3) is 6.16. The molecule has 2 aromatic rings. The minimum absolute atomic E-state index is 0.0270. The molecule has 0 fully saturated rings. The molecule has 0 aromatic heterocycles. The summed E-state index contributed by atoms with van der Waals surface area (Å²) in [6.07, 6.45) is -4.94. The fourth-order valence-electron chi connectivity index (χ4n) is 2.29. The Labute approximate surface area is 174 Å². The molecular formula is C18H15Cl2F3N2O4. The van der Waals surface area contributed by atoms with Gasteiger partial charge >= 0.3 is 6.36 Å². The molecule has 2 rings (SSSR count). The summed E-state index contributed by atoms with van der Waals surface area (Å²) < 4.78 is 46.7. The Morgan fingerprint density at radius 1 is 1.17 bits per heavy atom. The van der Waals surface area contributed by atoms with Crippen molar-refractivity contribution < 1.29 is 32.3 Å². The minimum Gasteiger partial charge on any atom is -0.489 e. The second-order valence-electron chi connectivity index (χ2n) is 5.41. The van der Waals surface area contributed by atoms with E-state index in [0.717, 1.165) is 12.1 Å². The first-order chi connectivity index (χ1) is 13.7. The van der Waals surface area contributed by atoms with E-state index in [1.54, 1.807) is 24.3 Å². The highest BCUT2D eigenvalue weighted by Gasteiger charge is 2.33. The van der Waals surface area contributed by atoms with Gasteiger partial charge < -0.3 is 19.6 Å². The summed E-state index contributed by atoms with van der Waals surface area (Å²) in [4.78, 5) is 16.8. The lowest BCUT2D eigenvalue weighted by atomic mass is 10.0. The second kappa shape index (κ2) is 9.71. The zero-order chi connectivity index (χ0) is 21.6. The Morgan fingerprint density at radius 3 is 2.34 bits per heavy atom. The van der Waals surface area contributed by atoms with Gasteiger partial charge in [-0.05, 0) is 5.56 Å². The van der Waals surface area contributed by atoms with Crippen molar-refractivity contribution in [2.24, 2.45) is 5.16 Å². The molecule has 0 saturated carbocycles. The van der Waals surface area contributed by atoms with Gasteiger partial charge in [0.15, 0.2) is 11.5 Å². The van der Waals surface area contributed by atoms with Crippen LogP contribution in [0.15, 0.2) is 41.6 Å². The van der Waals surface area contributed by atoms with E-state index in [2.05, 4.69) is 15.2 Å². The monoisotopic (exact) mass is 450 g/mol. The van der Waals surface area contributed by atoms with E-state index in [4.69, 9.17) is 32.8 Å². The van der Waals surface area contributed by atoms with Crippen molar-refractivity contribution in [1.82, 2.24) is 5.32 Å². The molecule has 0 spiro atoms. The standard InChI is InChI=1S/C18H15Cl2F3N2O4/c1-24-17(26)15(25-27-2)12-6-4-3-5-10(12)9-28-11-7-13(19)16(14(20)8-11)29-18(21,22)23/h3-8H,9H2,1-2H3,(H,24,26)/b25-15+. The van der Waals surface area contributed by atoms with Gasteiger partial charge in [0, 0.05) is 24.7 Å². The number of halogens is 5. The van der Waals surface area contributed by atoms with Gasteiger partial charge in [-0.3, -0.25) is 4.79 Å². The molecule has 1 N–H and O–H groups in total. The number of carbonyl (C=O) groups excluding carboxylic acids is 1. The molecular weight excluding hydrogens is 436 g/mol. The summed E-state index contributed by atoms with van der Waals surface area (Å²) in [5.74, 6) is -1.09. The number of alkyl halides is 3. The van der Waals surface area contributed by atoms with Crippen molar-refractivity contribution in [2.75, 3.05) is 14.2 Å². The van der Waals surface area contributed by atoms with Crippen LogP contribution in [0.4, 0.5) is 13.2 Å². The summed E-state index contributed by atoms with van der Waals surface area (Å²) in [5, 5.41) is 5.46. The zero-order valence-electron chi connectivity index (χ0n) is 15.1. The molecule has 6 nitrogen and oxygen atoms in total. The number of likely N-dealkylation sites (N-methyl/N-ethyl adjacent to an activating group) is 1. The van der Waals surface area contributed by atoms with Gasteiger partial charge in [-0.2, -0.15) is 0 Å². The summed E-state index contributed by atoms with van der Waals surface area (Å²) in [6.45, 7) is -0.0535. The summed E-state index contributed by atoms with van der Waals surface area (Å²) in [7, 11) is 2.75. The fraction of sp³-hybridized carbons (Fsp3) is 0.222. The molecule has 11 heteroatoms. The topological polar surface area (TPSA) is 69.2 Å². The van der Waals surface area contributed by atoms with Crippen molar-refractivity contribution in [3.05, 3.63) is 57.6 Å². The highest BCUT2D eigenvalue weighted by molar-refractivity contribution is 6.45. The lowest BCUT2D eigenvalue weighted by Gasteiger charge is -2.15. The Kier molecular flexibility index (Phi) is 7.58. The summed E-state index contributed by atoms with van der Waals surface area (Å²) >= 11 is 11.7. The van der Waals surface area contributed by atoms with E-state index < -0.39 is 18.0 Å². The number of benzene rings is 2. The minimum atomic E-state index is -4.94. The molecule has 0 heterocycles. The molecule has 0 atom stereocenters. The SMILES string of the molecule is CNC(=O)/C(=N/OC)c1ccccc1COc1cc(Cl)c(OC(F)(F)F)c(Cl)c1. The third-order valence-electron chi connectivity index (χ3n) is 3.48. The quantitative estimate of drug-likeness (QED) is 0.495. The Hall–Kier alpha value is -2.65.